The van der Waals surface area contributed by atoms with E-state index in [1.54, 1.807) is 0 Å². The van der Waals surface area contributed by atoms with E-state index < -0.39 is 11.2 Å². The van der Waals surface area contributed by atoms with Gasteiger partial charge >= 0.3 is 0 Å². The molecule has 2 heterocycles. The van der Waals surface area contributed by atoms with E-state index in [-0.39, 0.29) is 23.4 Å². The molecule has 0 unspecified atom stereocenters. The van der Waals surface area contributed by atoms with Crippen LogP contribution >= 0.6 is 0 Å². The van der Waals surface area contributed by atoms with Crippen molar-refractivity contribution in [2.45, 2.75) is 45.8 Å². The number of rotatable bonds is 1. The Labute approximate surface area is 136 Å². The first-order chi connectivity index (χ1) is 10.7. The van der Waals surface area contributed by atoms with Crippen LogP contribution in [0.2, 0.25) is 0 Å². The van der Waals surface area contributed by atoms with Crippen molar-refractivity contribution in [1.29, 1.82) is 0 Å². The Kier molecular flexibility index (Phi) is 2.65. The average molecular weight is 310 g/mol. The third-order valence-electron chi connectivity index (χ3n) is 5.76. The highest BCUT2D eigenvalue weighted by Gasteiger charge is 2.67. The summed E-state index contributed by atoms with van der Waals surface area (Å²) in [6.45, 7) is 9.96. The lowest BCUT2D eigenvalue weighted by molar-refractivity contribution is -0.120. The van der Waals surface area contributed by atoms with Gasteiger partial charge in [0.05, 0.1) is 28.6 Å². The number of Topliss-reactive ketones (excluding diaryl/α,β-unsaturated/α-hetero) is 1. The van der Waals surface area contributed by atoms with Crippen LogP contribution in [-0.2, 0) is 9.53 Å². The van der Waals surface area contributed by atoms with Crippen molar-refractivity contribution < 1.29 is 14.6 Å². The van der Waals surface area contributed by atoms with E-state index in [2.05, 4.69) is 12.1 Å². The van der Waals surface area contributed by atoms with Crippen LogP contribution in [0.15, 0.2) is 30.0 Å². The molecular weight excluding hydrogens is 288 g/mol. The molecule has 0 radical (unpaired) electrons. The zero-order chi connectivity index (χ0) is 16.7. The normalized spacial score (nSPS) is 37.9. The van der Waals surface area contributed by atoms with Gasteiger partial charge in [0.1, 0.15) is 5.76 Å². The fraction of sp³-hybridized carbons (Fsp3) is 0.450. The Morgan fingerprint density at radius 2 is 1.52 bits per heavy atom. The van der Waals surface area contributed by atoms with E-state index in [1.807, 2.05) is 46.8 Å². The molecule has 0 saturated carbocycles. The number of fused-ring (bicyclic) bond motifs is 5. The molecule has 23 heavy (non-hydrogen) atoms. The number of ether oxygens (including phenoxy) is 1. The van der Waals surface area contributed by atoms with Crippen LogP contribution in [0.3, 0.4) is 0 Å². The summed E-state index contributed by atoms with van der Waals surface area (Å²) in [5.41, 5.74) is 3.42. The van der Waals surface area contributed by atoms with E-state index >= 15 is 0 Å². The molecule has 1 fully saturated rings. The molecule has 120 valence electrons. The molecule has 1 aliphatic carbocycles. The topological polar surface area (TPSA) is 46.5 Å². The van der Waals surface area contributed by atoms with Crippen LogP contribution in [0.5, 0.6) is 0 Å². The van der Waals surface area contributed by atoms with Crippen molar-refractivity contribution in [1.82, 2.24) is 0 Å². The third-order valence-corrected chi connectivity index (χ3v) is 5.76. The molecule has 1 aromatic carbocycles. The van der Waals surface area contributed by atoms with Gasteiger partial charge in [-0.15, -0.1) is 0 Å². The monoisotopic (exact) mass is 310 g/mol. The van der Waals surface area contributed by atoms with E-state index in [0.717, 1.165) is 16.7 Å². The van der Waals surface area contributed by atoms with Gasteiger partial charge in [0.25, 0.3) is 0 Å². The minimum absolute atomic E-state index is 0.0122. The molecule has 1 aromatic rings. The number of ketones is 1. The van der Waals surface area contributed by atoms with Crippen LogP contribution in [-0.4, -0.2) is 22.1 Å². The summed E-state index contributed by atoms with van der Waals surface area (Å²) in [4.78, 5) is 13.2. The van der Waals surface area contributed by atoms with Crippen LogP contribution in [0, 0.1) is 32.6 Å². The predicted octanol–water partition coefficient (Wildman–Crippen LogP) is 3.81. The van der Waals surface area contributed by atoms with Crippen molar-refractivity contribution in [2.75, 3.05) is 0 Å². The summed E-state index contributed by atoms with van der Waals surface area (Å²) >= 11 is 0. The van der Waals surface area contributed by atoms with E-state index in [4.69, 9.17) is 4.74 Å². The Balaban J connectivity index is 1.93. The fourth-order valence-electron chi connectivity index (χ4n) is 4.97. The molecule has 0 spiro atoms. The highest BCUT2D eigenvalue weighted by molar-refractivity contribution is 6.26. The Morgan fingerprint density at radius 3 is 2.04 bits per heavy atom. The van der Waals surface area contributed by atoms with Crippen LogP contribution in [0.1, 0.15) is 36.1 Å². The van der Waals surface area contributed by atoms with Gasteiger partial charge in [-0.05, 0) is 51.3 Å². The Bertz CT molecular complexity index is 793. The van der Waals surface area contributed by atoms with Crippen molar-refractivity contribution in [3.63, 3.8) is 0 Å². The molecule has 1 N–H and O–H groups in total. The molecule has 4 rings (SSSR count). The fourth-order valence-corrected chi connectivity index (χ4v) is 4.97. The first-order valence-corrected chi connectivity index (χ1v) is 8.14. The summed E-state index contributed by atoms with van der Waals surface area (Å²) in [6.07, 6.45) is 3.98. The van der Waals surface area contributed by atoms with Crippen molar-refractivity contribution >= 4 is 11.4 Å². The van der Waals surface area contributed by atoms with Gasteiger partial charge < -0.3 is 9.84 Å². The number of benzene rings is 1. The van der Waals surface area contributed by atoms with Gasteiger partial charge in [0, 0.05) is 0 Å². The maximum Gasteiger partial charge on any atom is 0.174 e. The van der Waals surface area contributed by atoms with Crippen LogP contribution < -0.4 is 0 Å². The first kappa shape index (κ1) is 14.7. The van der Waals surface area contributed by atoms with Crippen molar-refractivity contribution in [3.05, 3.63) is 52.3 Å². The van der Waals surface area contributed by atoms with Crippen molar-refractivity contribution in [3.8, 4) is 0 Å². The third kappa shape index (κ3) is 1.66. The quantitative estimate of drug-likeness (QED) is 0.802. The molecule has 2 aliphatic heterocycles. The van der Waals surface area contributed by atoms with E-state index in [1.165, 1.54) is 5.56 Å². The number of aryl methyl sites for hydroxylation is 3. The summed E-state index contributed by atoms with van der Waals surface area (Å²) < 4.78 is 6.09. The molecule has 0 amide bonds. The lowest BCUT2D eigenvalue weighted by Gasteiger charge is -2.26. The van der Waals surface area contributed by atoms with Crippen LogP contribution in [0.25, 0.3) is 5.57 Å². The number of aliphatic hydroxyl groups is 1. The van der Waals surface area contributed by atoms with Gasteiger partial charge in [-0.25, -0.2) is 0 Å². The zero-order valence-corrected chi connectivity index (χ0v) is 14.2. The second-order valence-electron chi connectivity index (χ2n) is 7.66. The largest absolute Gasteiger partial charge is 0.511 e. The van der Waals surface area contributed by atoms with E-state index in [9.17, 15) is 9.90 Å². The maximum absolute atomic E-state index is 13.2. The first-order valence-electron chi connectivity index (χ1n) is 8.14. The van der Waals surface area contributed by atoms with Gasteiger partial charge in [-0.1, -0.05) is 29.8 Å². The number of carbonyl (C=O) groups excluding carboxylic acids is 1. The molecule has 1 saturated heterocycles. The predicted molar refractivity (Wildman–Crippen MR) is 89.2 cm³/mol. The number of allylic oxidation sites excluding steroid dienone is 1. The molecule has 2 bridgehead atoms. The second-order valence-corrected chi connectivity index (χ2v) is 7.66. The highest BCUT2D eigenvalue weighted by atomic mass is 16.5. The summed E-state index contributed by atoms with van der Waals surface area (Å²) in [5, 5.41) is 10.9. The number of hydrogen-bond acceptors (Lipinski definition) is 3. The second kappa shape index (κ2) is 4.15. The molecule has 4 atom stereocenters. The molecular formula is C20H22O3. The summed E-state index contributed by atoms with van der Waals surface area (Å²) in [7, 11) is 0. The van der Waals surface area contributed by atoms with Gasteiger partial charge in [0.2, 0.25) is 0 Å². The minimum Gasteiger partial charge on any atom is -0.511 e. The maximum atomic E-state index is 13.2. The van der Waals surface area contributed by atoms with E-state index in [0.29, 0.717) is 5.57 Å². The molecule has 3 nitrogen and oxygen atoms in total. The van der Waals surface area contributed by atoms with Gasteiger partial charge in [-0.3, -0.25) is 4.79 Å². The number of hydrogen-bond donors (Lipinski definition) is 1. The van der Waals surface area contributed by atoms with Gasteiger partial charge in [-0.2, -0.15) is 0 Å². The summed E-state index contributed by atoms with van der Waals surface area (Å²) in [6, 6.07) is 4.13. The Hall–Kier alpha value is -1.87. The Morgan fingerprint density at radius 1 is 1.00 bits per heavy atom. The average Bonchev–Trinajstić information content (AvgIpc) is 2.96. The smallest absolute Gasteiger partial charge is 0.174 e. The molecule has 0 aromatic heterocycles. The minimum atomic E-state index is -0.612. The molecule has 3 aliphatic rings. The zero-order valence-electron chi connectivity index (χ0n) is 14.2. The highest BCUT2D eigenvalue weighted by Crippen LogP contribution is 2.60. The van der Waals surface area contributed by atoms with Crippen molar-refractivity contribution in [2.24, 2.45) is 11.8 Å². The molecule has 3 heteroatoms. The van der Waals surface area contributed by atoms with Gasteiger partial charge in [0.15, 0.2) is 5.78 Å². The van der Waals surface area contributed by atoms with Crippen LogP contribution in [0.4, 0.5) is 0 Å². The standard InChI is InChI=1S/C20H22O3/c1-10-8-11(2)13(12(3)9-10)14-17(21)15-16(18(14)22)20(5)7-6-19(15,4)23-20/h6-9,15-16,21H,1-5H3/t15-,16+,19-,20+/m1/s1. The number of carbonyl (C=O) groups is 1. The lowest BCUT2D eigenvalue weighted by atomic mass is 9.72. The SMILES string of the molecule is Cc1cc(C)c(C2=C(O)[C@H]3[C@@H](C2=O)[C@]2(C)C=C[C@@]3(C)O2)c(C)c1. The number of aliphatic hydroxyl groups excluding tert-OH is 1. The summed E-state index contributed by atoms with van der Waals surface area (Å²) in [5.74, 6) is -0.392. The lowest BCUT2D eigenvalue weighted by Crippen LogP contribution is -2.36.